The Morgan fingerprint density at radius 3 is 2.62 bits per heavy atom. The van der Waals surface area contributed by atoms with Crippen molar-refractivity contribution in [2.24, 2.45) is 5.73 Å². The topological polar surface area (TPSA) is 26.0 Å². The lowest BCUT2D eigenvalue weighted by Crippen LogP contribution is -2.05. The first-order valence-corrected chi connectivity index (χ1v) is 5.11. The maximum atomic E-state index is 6.12. The van der Waals surface area contributed by atoms with Gasteiger partial charge < -0.3 is 5.73 Å². The Morgan fingerprint density at radius 2 is 2.15 bits per heavy atom. The molecule has 1 aliphatic rings. The zero-order valence-electron chi connectivity index (χ0n) is 7.76. The van der Waals surface area contributed by atoms with Crippen LogP contribution in [0.15, 0.2) is 18.2 Å². The second kappa shape index (κ2) is 3.32. The van der Waals surface area contributed by atoms with Gasteiger partial charge in [0.1, 0.15) is 0 Å². The van der Waals surface area contributed by atoms with E-state index < -0.39 is 0 Å². The second-order valence-electron chi connectivity index (χ2n) is 3.84. The molecule has 1 nitrogen and oxygen atoms in total. The van der Waals surface area contributed by atoms with E-state index in [-0.39, 0.29) is 6.04 Å². The van der Waals surface area contributed by atoms with Gasteiger partial charge in [0.2, 0.25) is 0 Å². The zero-order chi connectivity index (χ0) is 9.42. The van der Waals surface area contributed by atoms with Crippen LogP contribution in [0.4, 0.5) is 0 Å². The van der Waals surface area contributed by atoms with Crippen LogP contribution in [0.2, 0.25) is 5.02 Å². The highest BCUT2D eigenvalue weighted by atomic mass is 35.5. The average molecular weight is 196 g/mol. The fourth-order valence-corrected chi connectivity index (χ4v) is 1.94. The van der Waals surface area contributed by atoms with Gasteiger partial charge in [-0.1, -0.05) is 23.7 Å². The van der Waals surface area contributed by atoms with Gasteiger partial charge in [0.05, 0.1) is 0 Å². The molecule has 1 atom stereocenters. The number of rotatable bonds is 2. The summed E-state index contributed by atoms with van der Waals surface area (Å²) in [7, 11) is 0. The maximum absolute atomic E-state index is 6.12. The first kappa shape index (κ1) is 9.04. The van der Waals surface area contributed by atoms with Crippen molar-refractivity contribution in [3.8, 4) is 0 Å². The summed E-state index contributed by atoms with van der Waals surface area (Å²) in [5.74, 6) is 0.764. The largest absolute Gasteiger partial charge is 0.324 e. The van der Waals surface area contributed by atoms with Gasteiger partial charge in [-0.3, -0.25) is 0 Å². The number of benzene rings is 1. The highest BCUT2D eigenvalue weighted by molar-refractivity contribution is 6.31. The third-order valence-electron chi connectivity index (χ3n) is 2.56. The van der Waals surface area contributed by atoms with Crippen LogP contribution in [-0.2, 0) is 0 Å². The van der Waals surface area contributed by atoms with E-state index in [1.807, 2.05) is 6.92 Å². The zero-order valence-corrected chi connectivity index (χ0v) is 8.51. The lowest BCUT2D eigenvalue weighted by Gasteiger charge is -2.09. The van der Waals surface area contributed by atoms with Gasteiger partial charge in [0.25, 0.3) is 0 Å². The molecule has 0 bridgehead atoms. The van der Waals surface area contributed by atoms with Crippen molar-refractivity contribution in [1.82, 2.24) is 0 Å². The molecule has 1 fully saturated rings. The molecule has 13 heavy (non-hydrogen) atoms. The smallest absolute Gasteiger partial charge is 0.0456 e. The van der Waals surface area contributed by atoms with Crippen LogP contribution in [-0.4, -0.2) is 0 Å². The minimum Gasteiger partial charge on any atom is -0.324 e. The number of halogens is 1. The maximum Gasteiger partial charge on any atom is 0.0456 e. The van der Waals surface area contributed by atoms with E-state index >= 15 is 0 Å². The van der Waals surface area contributed by atoms with Crippen LogP contribution < -0.4 is 5.73 Å². The van der Waals surface area contributed by atoms with E-state index in [2.05, 4.69) is 18.2 Å². The molecule has 1 unspecified atom stereocenters. The molecule has 0 heterocycles. The van der Waals surface area contributed by atoms with E-state index in [1.165, 1.54) is 18.4 Å². The lowest BCUT2D eigenvalue weighted by molar-refractivity contribution is 0.817. The van der Waals surface area contributed by atoms with Gasteiger partial charge in [0, 0.05) is 11.1 Å². The van der Waals surface area contributed by atoms with Crippen LogP contribution in [0.5, 0.6) is 0 Å². The molecular formula is C11H14ClN. The summed E-state index contributed by atoms with van der Waals surface area (Å²) in [5.41, 5.74) is 8.19. The van der Waals surface area contributed by atoms with E-state index in [4.69, 9.17) is 17.3 Å². The summed E-state index contributed by atoms with van der Waals surface area (Å²) in [5, 5.41) is 0.819. The van der Waals surface area contributed by atoms with Crippen molar-refractivity contribution in [2.75, 3.05) is 0 Å². The Balaban J connectivity index is 2.31. The average Bonchev–Trinajstić information content (AvgIpc) is 2.85. The molecular weight excluding hydrogens is 182 g/mol. The Bertz CT molecular complexity index is 316. The van der Waals surface area contributed by atoms with Crippen molar-refractivity contribution in [3.05, 3.63) is 34.3 Å². The normalized spacial score (nSPS) is 18.7. The molecule has 0 spiro atoms. The highest BCUT2D eigenvalue weighted by Crippen LogP contribution is 2.41. The Kier molecular flexibility index (Phi) is 2.31. The van der Waals surface area contributed by atoms with Crippen molar-refractivity contribution >= 4 is 11.6 Å². The first-order chi connectivity index (χ1) is 6.18. The minimum atomic E-state index is 0.0285. The fraction of sp³-hybridized carbons (Fsp3) is 0.455. The van der Waals surface area contributed by atoms with Crippen molar-refractivity contribution in [2.45, 2.75) is 31.7 Å². The van der Waals surface area contributed by atoms with E-state index in [9.17, 15) is 0 Å². The van der Waals surface area contributed by atoms with E-state index in [1.54, 1.807) is 0 Å². The number of nitrogens with two attached hydrogens (primary N) is 1. The van der Waals surface area contributed by atoms with Crippen LogP contribution in [0.3, 0.4) is 0 Å². The van der Waals surface area contributed by atoms with Crippen molar-refractivity contribution < 1.29 is 0 Å². The van der Waals surface area contributed by atoms with Gasteiger partial charge in [0.15, 0.2) is 0 Å². The quantitative estimate of drug-likeness (QED) is 0.771. The molecule has 0 aliphatic heterocycles. The van der Waals surface area contributed by atoms with Crippen LogP contribution in [0.1, 0.15) is 42.9 Å². The summed E-state index contributed by atoms with van der Waals surface area (Å²) in [6.07, 6.45) is 2.63. The predicted octanol–water partition coefficient (Wildman–Crippen LogP) is 3.24. The van der Waals surface area contributed by atoms with Gasteiger partial charge in [-0.2, -0.15) is 0 Å². The molecule has 0 saturated heterocycles. The molecule has 2 N–H and O–H groups in total. The summed E-state index contributed by atoms with van der Waals surface area (Å²) < 4.78 is 0. The van der Waals surface area contributed by atoms with E-state index in [0.717, 1.165) is 16.5 Å². The lowest BCUT2D eigenvalue weighted by atomic mass is 10.0. The van der Waals surface area contributed by atoms with Crippen LogP contribution >= 0.6 is 11.6 Å². The molecule has 1 aliphatic carbocycles. The summed E-state index contributed by atoms with van der Waals surface area (Å²) in [4.78, 5) is 0. The molecule has 1 aromatic carbocycles. The molecule has 1 aromatic rings. The van der Waals surface area contributed by atoms with Gasteiger partial charge in [-0.05, 0) is 42.9 Å². The summed E-state index contributed by atoms with van der Waals surface area (Å²) >= 11 is 6.12. The Labute approximate surface area is 83.9 Å². The third-order valence-corrected chi connectivity index (χ3v) is 2.89. The molecule has 2 rings (SSSR count). The van der Waals surface area contributed by atoms with E-state index in [0.29, 0.717) is 0 Å². The van der Waals surface area contributed by atoms with Crippen LogP contribution in [0, 0.1) is 0 Å². The molecule has 0 radical (unpaired) electrons. The number of hydrogen-bond acceptors (Lipinski definition) is 1. The van der Waals surface area contributed by atoms with Gasteiger partial charge in [-0.15, -0.1) is 0 Å². The second-order valence-corrected chi connectivity index (χ2v) is 4.25. The Morgan fingerprint density at radius 1 is 1.46 bits per heavy atom. The summed E-state index contributed by atoms with van der Waals surface area (Å²) in [6.45, 7) is 1.96. The summed E-state index contributed by atoms with van der Waals surface area (Å²) in [6, 6.07) is 6.31. The molecule has 2 heteroatoms. The molecule has 0 amide bonds. The fourth-order valence-electron chi connectivity index (χ4n) is 1.58. The molecule has 70 valence electrons. The monoisotopic (exact) mass is 195 g/mol. The standard InChI is InChI=1S/C11H14ClN/c1-7(13)10-5-4-9(6-11(10)12)8-2-3-8/h4-8H,2-3,13H2,1H3. The predicted molar refractivity (Wildman–Crippen MR) is 56.0 cm³/mol. The number of hydrogen-bond donors (Lipinski definition) is 1. The molecule has 0 aromatic heterocycles. The minimum absolute atomic E-state index is 0.0285. The van der Waals surface area contributed by atoms with Gasteiger partial charge >= 0.3 is 0 Å². The van der Waals surface area contributed by atoms with Crippen molar-refractivity contribution in [3.63, 3.8) is 0 Å². The van der Waals surface area contributed by atoms with Crippen LogP contribution in [0.25, 0.3) is 0 Å². The van der Waals surface area contributed by atoms with Crippen molar-refractivity contribution in [1.29, 1.82) is 0 Å². The SMILES string of the molecule is CC(N)c1ccc(C2CC2)cc1Cl. The van der Waals surface area contributed by atoms with Gasteiger partial charge in [-0.25, -0.2) is 0 Å². The highest BCUT2D eigenvalue weighted by Gasteiger charge is 2.23. The first-order valence-electron chi connectivity index (χ1n) is 4.73. The molecule has 1 saturated carbocycles. The Hall–Kier alpha value is -0.530. The third kappa shape index (κ3) is 1.87.